The van der Waals surface area contributed by atoms with Crippen molar-refractivity contribution in [3.63, 3.8) is 0 Å². The van der Waals surface area contributed by atoms with Crippen molar-refractivity contribution >= 4 is 22.7 Å². The zero-order valence-corrected chi connectivity index (χ0v) is 25.3. The van der Waals surface area contributed by atoms with Crippen LogP contribution >= 0.6 is 11.8 Å². The molecule has 0 aliphatic carbocycles. The quantitative estimate of drug-likeness (QED) is 0.148. The summed E-state index contributed by atoms with van der Waals surface area (Å²) in [5, 5.41) is 11.2. The number of aromatic nitrogens is 1. The highest BCUT2D eigenvalue weighted by atomic mass is 32.2. The molecule has 11 heteroatoms. The fourth-order valence-electron chi connectivity index (χ4n) is 6.09. The number of thioether (sulfide) groups is 1. The van der Waals surface area contributed by atoms with Gasteiger partial charge in [0.25, 0.3) is 0 Å². The first-order chi connectivity index (χ1) is 20.8. The maximum Gasteiger partial charge on any atom is 0.172 e. The Kier molecular flexibility index (Phi) is 10.8. The highest BCUT2D eigenvalue weighted by Gasteiger charge is 2.35. The third-order valence-electron chi connectivity index (χ3n) is 8.82. The van der Waals surface area contributed by atoms with Gasteiger partial charge in [-0.15, -0.1) is 11.8 Å². The number of hydrogen-bond donors (Lipinski definition) is 1. The largest absolute Gasteiger partial charge is 0.497 e. The Morgan fingerprint density at radius 3 is 2.56 bits per heavy atom. The van der Waals surface area contributed by atoms with Gasteiger partial charge in [0.1, 0.15) is 17.7 Å². The van der Waals surface area contributed by atoms with Crippen LogP contribution < -0.4 is 4.74 Å². The number of ether oxygens (including phenoxy) is 2. The van der Waals surface area contributed by atoms with Gasteiger partial charge in [-0.05, 0) is 74.0 Å². The minimum atomic E-state index is -1.24. The van der Waals surface area contributed by atoms with Crippen LogP contribution in [-0.4, -0.2) is 85.3 Å². The predicted molar refractivity (Wildman–Crippen MR) is 160 cm³/mol. The average Bonchev–Trinajstić information content (AvgIpc) is 3.03. The van der Waals surface area contributed by atoms with Crippen LogP contribution in [0, 0.1) is 22.9 Å². The van der Waals surface area contributed by atoms with Gasteiger partial charge in [-0.2, -0.15) is 0 Å². The second-order valence-corrected chi connectivity index (χ2v) is 12.7. The predicted octanol–water partition coefficient (Wildman–Crippen LogP) is 6.15. The number of likely N-dealkylation sites (tertiary alicyclic amines) is 1. The van der Waals surface area contributed by atoms with Gasteiger partial charge < -0.3 is 19.5 Å². The number of hydrogen-bond acceptors (Lipinski definition) is 7. The van der Waals surface area contributed by atoms with E-state index < -0.39 is 29.0 Å². The van der Waals surface area contributed by atoms with E-state index in [1.54, 1.807) is 13.3 Å². The topological polar surface area (TPSA) is 58.1 Å². The molecule has 2 aliphatic rings. The van der Waals surface area contributed by atoms with Gasteiger partial charge in [-0.3, -0.25) is 9.88 Å². The number of benzene rings is 2. The number of pyridine rings is 1. The molecule has 1 N–H and O–H groups in total. The summed E-state index contributed by atoms with van der Waals surface area (Å²) >= 11 is 1.08. The summed E-state index contributed by atoms with van der Waals surface area (Å²) in [5.41, 5.74) is 1.82. The normalized spacial score (nSPS) is 18.7. The third-order valence-corrected chi connectivity index (χ3v) is 9.81. The zero-order valence-electron chi connectivity index (χ0n) is 24.5. The molecule has 0 unspecified atom stereocenters. The van der Waals surface area contributed by atoms with Gasteiger partial charge >= 0.3 is 0 Å². The van der Waals surface area contributed by atoms with Crippen molar-refractivity contribution in [2.24, 2.45) is 5.41 Å². The van der Waals surface area contributed by atoms with Crippen LogP contribution in [0.5, 0.6) is 5.75 Å². The lowest BCUT2D eigenvalue weighted by atomic mass is 9.74. The van der Waals surface area contributed by atoms with Crippen LogP contribution in [0.3, 0.4) is 0 Å². The van der Waals surface area contributed by atoms with E-state index in [0.29, 0.717) is 87.3 Å². The fourth-order valence-corrected chi connectivity index (χ4v) is 7.08. The molecule has 0 saturated carbocycles. The average molecular weight is 622 g/mol. The Hall–Kier alpha value is -2.44. The molecule has 2 aromatic carbocycles. The van der Waals surface area contributed by atoms with Gasteiger partial charge in [0.2, 0.25) is 0 Å². The summed E-state index contributed by atoms with van der Waals surface area (Å²) < 4.78 is 68.3. The Morgan fingerprint density at radius 1 is 1.07 bits per heavy atom. The molecule has 2 fully saturated rings. The van der Waals surface area contributed by atoms with Crippen molar-refractivity contribution in [2.45, 2.75) is 43.3 Å². The number of piperidine rings is 1. The van der Waals surface area contributed by atoms with Crippen LogP contribution in [-0.2, 0) is 11.3 Å². The minimum absolute atomic E-state index is 0.0261. The second kappa shape index (κ2) is 14.6. The van der Waals surface area contributed by atoms with Crippen LogP contribution in [0.15, 0.2) is 41.4 Å². The number of halogens is 4. The molecule has 0 bridgehead atoms. The van der Waals surface area contributed by atoms with E-state index in [1.165, 1.54) is 0 Å². The summed E-state index contributed by atoms with van der Waals surface area (Å²) in [6.07, 6.45) is 2.76. The SMILES string of the molecule is COc1ccc2ncc(CN3CCOCC3)c([C@@H](F)CCC3(CO)CCN(CCSc4cc(F)cc(F)c4F)CC3)c2c1. The number of rotatable bonds is 12. The van der Waals surface area contributed by atoms with E-state index in [-0.39, 0.29) is 17.9 Å². The van der Waals surface area contributed by atoms with Crippen molar-refractivity contribution in [1.82, 2.24) is 14.8 Å². The summed E-state index contributed by atoms with van der Waals surface area (Å²) in [4.78, 5) is 9.04. The number of fused-ring (bicyclic) bond motifs is 1. The molecule has 6 nitrogen and oxygen atoms in total. The Labute approximate surface area is 254 Å². The number of methoxy groups -OCH3 is 1. The van der Waals surface area contributed by atoms with Crippen molar-refractivity contribution in [2.75, 3.05) is 65.4 Å². The zero-order chi connectivity index (χ0) is 30.4. The fraction of sp³-hybridized carbons (Fsp3) is 0.531. The number of aliphatic hydroxyl groups excluding tert-OH is 1. The monoisotopic (exact) mass is 621 g/mol. The van der Waals surface area contributed by atoms with Gasteiger partial charge in [0, 0.05) is 66.6 Å². The van der Waals surface area contributed by atoms with Crippen molar-refractivity contribution < 1.29 is 32.1 Å². The highest BCUT2D eigenvalue weighted by Crippen LogP contribution is 2.41. The molecule has 43 heavy (non-hydrogen) atoms. The van der Waals surface area contributed by atoms with Gasteiger partial charge in [-0.25, -0.2) is 17.6 Å². The first-order valence-corrected chi connectivity index (χ1v) is 15.8. The number of morpholine rings is 1. The number of aliphatic hydroxyl groups is 1. The van der Waals surface area contributed by atoms with E-state index in [4.69, 9.17) is 9.47 Å². The van der Waals surface area contributed by atoms with E-state index >= 15 is 4.39 Å². The molecule has 2 saturated heterocycles. The summed E-state index contributed by atoms with van der Waals surface area (Å²) in [7, 11) is 1.59. The maximum absolute atomic E-state index is 16.4. The van der Waals surface area contributed by atoms with Crippen LogP contribution in [0.1, 0.15) is 43.0 Å². The first-order valence-electron chi connectivity index (χ1n) is 14.8. The minimum Gasteiger partial charge on any atom is -0.497 e. The Balaban J connectivity index is 1.22. The lowest BCUT2D eigenvalue weighted by Crippen LogP contribution is -2.43. The molecule has 0 spiro atoms. The maximum atomic E-state index is 16.4. The molecule has 1 aromatic heterocycles. The molecule has 5 rings (SSSR count). The van der Waals surface area contributed by atoms with Gasteiger partial charge in [0.05, 0.1) is 25.8 Å². The van der Waals surface area contributed by atoms with E-state index in [2.05, 4.69) is 14.8 Å². The van der Waals surface area contributed by atoms with E-state index in [9.17, 15) is 18.3 Å². The molecule has 0 amide bonds. The molecule has 2 aliphatic heterocycles. The van der Waals surface area contributed by atoms with Crippen LogP contribution in [0.4, 0.5) is 17.6 Å². The van der Waals surface area contributed by atoms with Crippen molar-refractivity contribution in [3.05, 3.63) is 65.1 Å². The summed E-state index contributed by atoms with van der Waals surface area (Å²) in [6.45, 7) is 5.45. The van der Waals surface area contributed by atoms with Gasteiger partial charge in [0.15, 0.2) is 11.6 Å². The van der Waals surface area contributed by atoms with Crippen molar-refractivity contribution in [1.29, 1.82) is 0 Å². The van der Waals surface area contributed by atoms with Crippen LogP contribution in [0.2, 0.25) is 0 Å². The lowest BCUT2D eigenvalue weighted by Gasteiger charge is -2.41. The third kappa shape index (κ3) is 7.81. The Bertz CT molecular complexity index is 1380. The molecule has 3 aromatic rings. The van der Waals surface area contributed by atoms with E-state index in [1.807, 2.05) is 18.2 Å². The molecule has 0 radical (unpaired) electrons. The molecule has 3 heterocycles. The number of alkyl halides is 1. The summed E-state index contributed by atoms with van der Waals surface area (Å²) in [6, 6.07) is 7.09. The lowest BCUT2D eigenvalue weighted by molar-refractivity contribution is 0.0311. The molecular weight excluding hydrogens is 582 g/mol. The van der Waals surface area contributed by atoms with Crippen LogP contribution in [0.25, 0.3) is 10.9 Å². The molecule has 234 valence electrons. The highest BCUT2D eigenvalue weighted by molar-refractivity contribution is 7.99. The van der Waals surface area contributed by atoms with E-state index in [0.717, 1.165) is 41.9 Å². The standard InChI is InChI=1S/C32H39F4N3O3S/c1-41-24-2-3-28-25(18-24)30(22(19-37-28)20-39-10-13-42-14-11-39)26(34)4-5-32(21-40)6-8-38(9-7-32)12-15-43-29-17-23(33)16-27(35)31(29)36/h2-3,16-19,26,40H,4-15,20-21H2,1H3/t26-/m0/s1. The first kappa shape index (κ1) is 32.0. The second-order valence-electron chi connectivity index (χ2n) is 11.5. The molecular formula is C32H39F4N3O3S. The number of nitrogens with zero attached hydrogens (tertiary/aromatic N) is 3. The Morgan fingerprint density at radius 2 is 1.84 bits per heavy atom. The van der Waals surface area contributed by atoms with Gasteiger partial charge in [-0.1, -0.05) is 0 Å². The van der Waals surface area contributed by atoms with Crippen molar-refractivity contribution in [3.8, 4) is 5.75 Å². The summed E-state index contributed by atoms with van der Waals surface area (Å²) in [5.74, 6) is -1.90. The smallest absolute Gasteiger partial charge is 0.172 e. The molecule has 1 atom stereocenters.